The second kappa shape index (κ2) is 11.6. The molecule has 1 N–H and O–H groups in total. The molecule has 0 spiro atoms. The van der Waals surface area contributed by atoms with Crippen molar-refractivity contribution in [3.05, 3.63) is 90.0 Å². The van der Waals surface area contributed by atoms with E-state index in [2.05, 4.69) is 26.1 Å². The molecule has 3 aromatic carbocycles. The van der Waals surface area contributed by atoms with Crippen LogP contribution in [0.15, 0.2) is 83.8 Å². The van der Waals surface area contributed by atoms with E-state index in [4.69, 9.17) is 4.74 Å². The van der Waals surface area contributed by atoms with Crippen LogP contribution in [-0.2, 0) is 16.6 Å². The Morgan fingerprint density at radius 1 is 0.943 bits per heavy atom. The highest BCUT2D eigenvalue weighted by Crippen LogP contribution is 2.30. The van der Waals surface area contributed by atoms with Crippen molar-refractivity contribution in [2.45, 2.75) is 37.0 Å². The van der Waals surface area contributed by atoms with Gasteiger partial charge in [-0.2, -0.15) is 11.8 Å². The maximum atomic E-state index is 13.8. The zero-order chi connectivity index (χ0) is 25.5. The Bertz CT molecular complexity index is 1220. The number of nitrogens with zero attached hydrogens (tertiary/aromatic N) is 1. The first-order valence-corrected chi connectivity index (χ1v) is 13.8. The van der Waals surface area contributed by atoms with E-state index in [9.17, 15) is 13.2 Å². The van der Waals surface area contributed by atoms with Crippen molar-refractivity contribution in [2.24, 2.45) is 0 Å². The number of hydrogen-bond donors (Lipinski definition) is 1. The van der Waals surface area contributed by atoms with Crippen molar-refractivity contribution in [3.63, 3.8) is 0 Å². The summed E-state index contributed by atoms with van der Waals surface area (Å²) < 4.78 is 34.2. The monoisotopic (exact) mass is 512 g/mol. The van der Waals surface area contributed by atoms with Crippen molar-refractivity contribution in [2.75, 3.05) is 23.7 Å². The minimum Gasteiger partial charge on any atom is -0.497 e. The molecule has 0 fully saturated rings. The van der Waals surface area contributed by atoms with Crippen LogP contribution < -0.4 is 14.4 Å². The van der Waals surface area contributed by atoms with Crippen molar-refractivity contribution in [1.29, 1.82) is 0 Å². The van der Waals surface area contributed by atoms with E-state index in [0.717, 1.165) is 11.3 Å². The van der Waals surface area contributed by atoms with Gasteiger partial charge in [-0.15, -0.1) is 0 Å². The first kappa shape index (κ1) is 26.6. The zero-order valence-electron chi connectivity index (χ0n) is 20.5. The summed E-state index contributed by atoms with van der Waals surface area (Å²) in [6.07, 6.45) is 0. The van der Waals surface area contributed by atoms with Gasteiger partial charge in [-0.3, -0.25) is 9.10 Å². The predicted octanol–water partition coefficient (Wildman–Crippen LogP) is 5.35. The first-order chi connectivity index (χ1) is 16.6. The van der Waals surface area contributed by atoms with Gasteiger partial charge in [-0.1, -0.05) is 63.2 Å². The smallest absolute Gasteiger partial charge is 0.264 e. The first-order valence-electron chi connectivity index (χ1n) is 11.3. The Morgan fingerprint density at radius 2 is 1.57 bits per heavy atom. The molecule has 0 unspecified atom stereocenters. The van der Waals surface area contributed by atoms with Gasteiger partial charge in [0.15, 0.2) is 0 Å². The molecular formula is C27H32N2O4S2. The van der Waals surface area contributed by atoms with Crippen LogP contribution in [0, 0.1) is 0 Å². The van der Waals surface area contributed by atoms with Gasteiger partial charge in [0.1, 0.15) is 5.75 Å². The number of hydrogen-bond acceptors (Lipinski definition) is 5. The Balaban J connectivity index is 1.97. The number of methoxy groups -OCH3 is 1. The summed E-state index contributed by atoms with van der Waals surface area (Å²) in [5.74, 6) is 1.01. The molecule has 0 aliphatic rings. The minimum absolute atomic E-state index is 0.0827. The topological polar surface area (TPSA) is 75.7 Å². The molecule has 0 saturated heterocycles. The maximum Gasteiger partial charge on any atom is 0.264 e. The molecule has 8 heteroatoms. The van der Waals surface area contributed by atoms with Crippen LogP contribution in [0.5, 0.6) is 5.75 Å². The maximum absolute atomic E-state index is 13.8. The van der Waals surface area contributed by atoms with Crippen molar-refractivity contribution in [3.8, 4) is 5.75 Å². The highest BCUT2D eigenvalue weighted by molar-refractivity contribution is 8.00. The summed E-state index contributed by atoms with van der Waals surface area (Å²) >= 11 is 1.76. The summed E-state index contributed by atoms with van der Waals surface area (Å²) in [7, 11) is -2.46. The molecule has 0 bridgehead atoms. The van der Waals surface area contributed by atoms with E-state index in [-0.39, 0.29) is 22.1 Å². The average molecular weight is 513 g/mol. The van der Waals surface area contributed by atoms with Gasteiger partial charge in [0, 0.05) is 17.0 Å². The number of carbonyl (C=O) groups is 1. The quantitative estimate of drug-likeness (QED) is 0.371. The molecule has 35 heavy (non-hydrogen) atoms. The second-order valence-electron chi connectivity index (χ2n) is 8.91. The van der Waals surface area contributed by atoms with Crippen LogP contribution in [0.4, 0.5) is 5.69 Å². The number of sulfonamides is 1. The van der Waals surface area contributed by atoms with E-state index in [1.54, 1.807) is 48.2 Å². The fourth-order valence-electron chi connectivity index (χ4n) is 3.42. The average Bonchev–Trinajstić information content (AvgIpc) is 2.85. The molecule has 0 atom stereocenters. The van der Waals surface area contributed by atoms with Crippen LogP contribution in [0.1, 0.15) is 36.7 Å². The molecule has 0 radical (unpaired) electrons. The number of benzene rings is 3. The van der Waals surface area contributed by atoms with Crippen LogP contribution in [-0.4, -0.2) is 38.5 Å². The third-order valence-electron chi connectivity index (χ3n) is 5.16. The van der Waals surface area contributed by atoms with Crippen LogP contribution >= 0.6 is 11.8 Å². The molecule has 1 amide bonds. The largest absolute Gasteiger partial charge is 0.497 e. The highest BCUT2D eigenvalue weighted by Gasteiger charge is 2.28. The molecule has 186 valence electrons. The minimum atomic E-state index is -3.98. The van der Waals surface area contributed by atoms with Gasteiger partial charge < -0.3 is 10.1 Å². The van der Waals surface area contributed by atoms with Crippen LogP contribution in [0.25, 0.3) is 0 Å². The third kappa shape index (κ3) is 7.26. The standard InChI is InChI=1S/C27H32N2O4S2/c1-27(2,3)34-19-18-28-26(30)24-12-8-9-13-25(24)29(20-21-10-6-5-7-11-21)35(31,32)23-16-14-22(33-4)15-17-23/h5-17H,18-20H2,1-4H3,(H,28,30). The normalized spacial score (nSPS) is 11.7. The summed E-state index contributed by atoms with van der Waals surface area (Å²) in [6, 6.07) is 22.4. The molecule has 6 nitrogen and oxygen atoms in total. The van der Waals surface area contributed by atoms with Gasteiger partial charge in [0.25, 0.3) is 15.9 Å². The summed E-state index contributed by atoms with van der Waals surface area (Å²) in [5.41, 5.74) is 1.44. The molecule has 0 aliphatic heterocycles. The molecular weight excluding hydrogens is 480 g/mol. The van der Waals surface area contributed by atoms with Gasteiger partial charge in [-0.25, -0.2) is 8.42 Å². The van der Waals surface area contributed by atoms with E-state index in [0.29, 0.717) is 23.5 Å². The highest BCUT2D eigenvalue weighted by atomic mass is 32.2. The van der Waals surface area contributed by atoms with E-state index in [1.165, 1.54) is 23.5 Å². The lowest BCUT2D eigenvalue weighted by Gasteiger charge is -2.27. The summed E-state index contributed by atoms with van der Waals surface area (Å²) in [4.78, 5) is 13.3. The number of anilines is 1. The van der Waals surface area contributed by atoms with Crippen molar-refractivity contribution >= 4 is 33.4 Å². The van der Waals surface area contributed by atoms with Gasteiger partial charge >= 0.3 is 0 Å². The van der Waals surface area contributed by atoms with E-state index >= 15 is 0 Å². The van der Waals surface area contributed by atoms with Crippen molar-refractivity contribution < 1.29 is 17.9 Å². The van der Waals surface area contributed by atoms with Gasteiger partial charge in [-0.05, 0) is 42.0 Å². The van der Waals surface area contributed by atoms with E-state index < -0.39 is 10.0 Å². The lowest BCUT2D eigenvalue weighted by atomic mass is 10.1. The van der Waals surface area contributed by atoms with Crippen LogP contribution in [0.3, 0.4) is 0 Å². The number of nitrogens with one attached hydrogen (secondary N) is 1. The fraction of sp³-hybridized carbons (Fsp3) is 0.296. The SMILES string of the molecule is COc1ccc(S(=O)(=O)N(Cc2ccccc2)c2ccccc2C(=O)NCCSC(C)(C)C)cc1. The van der Waals surface area contributed by atoms with Gasteiger partial charge in [0.05, 0.1) is 29.8 Å². The molecule has 0 heterocycles. The molecule has 3 aromatic rings. The number of amides is 1. The summed E-state index contributed by atoms with van der Waals surface area (Å²) in [6.45, 7) is 6.94. The lowest BCUT2D eigenvalue weighted by molar-refractivity contribution is 0.0956. The second-order valence-corrected chi connectivity index (χ2v) is 12.7. The number of para-hydroxylation sites is 1. The zero-order valence-corrected chi connectivity index (χ0v) is 22.2. The number of thioether (sulfide) groups is 1. The number of rotatable bonds is 10. The van der Waals surface area contributed by atoms with Crippen molar-refractivity contribution in [1.82, 2.24) is 5.32 Å². The molecule has 0 saturated carbocycles. The molecule has 3 rings (SSSR count). The van der Waals surface area contributed by atoms with E-state index in [1.807, 2.05) is 30.3 Å². The molecule has 0 aliphatic carbocycles. The Labute approximate surface area is 212 Å². The summed E-state index contributed by atoms with van der Waals surface area (Å²) in [5, 5.41) is 2.94. The molecule has 0 aromatic heterocycles. The predicted molar refractivity (Wildman–Crippen MR) is 144 cm³/mol. The Hall–Kier alpha value is -2.97. The number of ether oxygens (including phenoxy) is 1. The lowest BCUT2D eigenvalue weighted by Crippen LogP contribution is -2.34. The number of carbonyl (C=O) groups excluding carboxylic acids is 1. The van der Waals surface area contributed by atoms with Gasteiger partial charge in [0.2, 0.25) is 0 Å². The Morgan fingerprint density at radius 3 is 2.20 bits per heavy atom. The Kier molecular flexibility index (Phi) is 8.86. The fourth-order valence-corrected chi connectivity index (χ4v) is 5.71. The van der Waals surface area contributed by atoms with Crippen LogP contribution in [0.2, 0.25) is 0 Å². The third-order valence-corrected chi connectivity index (χ3v) is 8.20.